The molecule has 204 valence electrons. The first-order valence-corrected chi connectivity index (χ1v) is 18.4. The third-order valence-corrected chi connectivity index (χ3v) is 18.9. The van der Waals surface area contributed by atoms with Crippen molar-refractivity contribution in [2.75, 3.05) is 7.11 Å². The van der Waals surface area contributed by atoms with Crippen LogP contribution in [0.5, 0.6) is 0 Å². The minimum Gasteiger partial charge on any atom is -0.469 e. The minimum absolute atomic E-state index is 0.0329. The van der Waals surface area contributed by atoms with E-state index < -0.39 is 8.32 Å². The lowest BCUT2D eigenvalue weighted by atomic mass is 9.39. The second-order valence-corrected chi connectivity index (χ2v) is 21.2. The first-order chi connectivity index (χ1) is 16.7. The van der Waals surface area contributed by atoms with Crippen LogP contribution in [0.1, 0.15) is 99.3 Å². The summed E-state index contributed by atoms with van der Waals surface area (Å²) in [6, 6.07) is 0. The molecule has 10 atom stereocenters. The van der Waals surface area contributed by atoms with E-state index in [0.29, 0.717) is 39.7 Å². The van der Waals surface area contributed by atoms with E-state index in [0.717, 1.165) is 47.8 Å². The Labute approximate surface area is 222 Å². The van der Waals surface area contributed by atoms with Crippen LogP contribution in [0.15, 0.2) is 0 Å². The van der Waals surface area contributed by atoms with Gasteiger partial charge in [0.15, 0.2) is 8.32 Å². The second-order valence-electron chi connectivity index (χ2n) is 16.4. The molecule has 0 amide bonds. The molecule has 0 radical (unpaired) electrons. The van der Waals surface area contributed by atoms with E-state index >= 15 is 0 Å². The molecule has 6 fully saturated rings. The molecule has 0 aromatic rings. The van der Waals surface area contributed by atoms with Gasteiger partial charge in [0.2, 0.25) is 0 Å². The van der Waals surface area contributed by atoms with Crippen LogP contribution in [0, 0.1) is 63.6 Å². The summed E-state index contributed by atoms with van der Waals surface area (Å²) in [6.45, 7) is 19.9. The molecule has 3 nitrogen and oxygen atoms in total. The normalized spacial score (nSPS) is 51.4. The van der Waals surface area contributed by atoms with Crippen LogP contribution in [-0.2, 0) is 14.0 Å². The smallest absolute Gasteiger partial charge is 0.305 e. The van der Waals surface area contributed by atoms with Gasteiger partial charge in [-0.25, -0.2) is 0 Å². The number of carbonyl (C=O) groups is 1. The van der Waals surface area contributed by atoms with Crippen LogP contribution >= 0.6 is 0 Å². The zero-order valence-electron chi connectivity index (χ0n) is 24.8. The molecule has 0 saturated heterocycles. The van der Waals surface area contributed by atoms with E-state index in [2.05, 4.69) is 54.6 Å². The Morgan fingerprint density at radius 1 is 1.00 bits per heavy atom. The van der Waals surface area contributed by atoms with Crippen molar-refractivity contribution < 1.29 is 14.0 Å². The first-order valence-electron chi connectivity index (χ1n) is 15.5. The number of methoxy groups -OCH3 is 1. The van der Waals surface area contributed by atoms with Crippen molar-refractivity contribution in [1.29, 1.82) is 0 Å². The maximum atomic E-state index is 11.8. The summed E-state index contributed by atoms with van der Waals surface area (Å²) in [4.78, 5) is 11.8. The average molecular weight is 515 g/mol. The van der Waals surface area contributed by atoms with Crippen molar-refractivity contribution in [2.45, 2.75) is 124 Å². The van der Waals surface area contributed by atoms with Crippen molar-refractivity contribution in [3.8, 4) is 0 Å². The minimum atomic E-state index is -1.70. The highest BCUT2D eigenvalue weighted by Crippen LogP contribution is 2.98. The van der Waals surface area contributed by atoms with Crippen molar-refractivity contribution in [2.24, 2.45) is 63.6 Å². The van der Waals surface area contributed by atoms with Crippen LogP contribution in [-0.4, -0.2) is 27.5 Å². The zero-order valence-corrected chi connectivity index (χ0v) is 25.8. The number of rotatable bonds is 6. The lowest BCUT2D eigenvalue weighted by Crippen LogP contribution is -2.61. The Morgan fingerprint density at radius 2 is 1.64 bits per heavy atom. The van der Waals surface area contributed by atoms with Gasteiger partial charge in [-0.05, 0) is 133 Å². The summed E-state index contributed by atoms with van der Waals surface area (Å²) < 4.78 is 12.0. The SMILES string of the molecule is COC(=O)CC[C@@H](C)[C@H]1CC[C@H]2C34[C@H]5C([C@@H]53)[C@@H]3CC(O[Si](C)(C)C(C)(C)C)CC[C@]3(C)[C@H]4CC[C@]12C. The molecule has 1 unspecified atom stereocenters. The Bertz CT molecular complexity index is 911. The summed E-state index contributed by atoms with van der Waals surface area (Å²) in [5.41, 5.74) is 1.75. The molecule has 0 N–H and O–H groups in total. The fraction of sp³-hybridized carbons (Fsp3) is 0.969. The average Bonchev–Trinajstić information content (AvgIpc) is 3.66. The lowest BCUT2D eigenvalue weighted by molar-refractivity contribution is -0.187. The van der Waals surface area contributed by atoms with E-state index in [1.807, 2.05) is 0 Å². The Balaban J connectivity index is 1.18. The van der Waals surface area contributed by atoms with E-state index in [1.54, 1.807) is 0 Å². The van der Waals surface area contributed by atoms with Gasteiger partial charge in [-0.3, -0.25) is 4.79 Å². The summed E-state index contributed by atoms with van der Waals surface area (Å²) in [7, 11) is -0.175. The van der Waals surface area contributed by atoms with E-state index in [9.17, 15) is 4.79 Å². The van der Waals surface area contributed by atoms with E-state index in [-0.39, 0.29) is 5.97 Å². The molecule has 0 bridgehead atoms. The number of carbonyl (C=O) groups excluding carboxylic acids is 1. The van der Waals surface area contributed by atoms with Gasteiger partial charge >= 0.3 is 5.97 Å². The van der Waals surface area contributed by atoms with Crippen LogP contribution in [0.25, 0.3) is 0 Å². The van der Waals surface area contributed by atoms with Gasteiger partial charge in [0.25, 0.3) is 0 Å². The molecule has 4 heteroatoms. The highest BCUT2D eigenvalue weighted by molar-refractivity contribution is 6.74. The molecule has 6 rings (SSSR count). The monoisotopic (exact) mass is 514 g/mol. The molecule has 0 aliphatic heterocycles. The van der Waals surface area contributed by atoms with Crippen LogP contribution in [0.2, 0.25) is 18.1 Å². The van der Waals surface area contributed by atoms with E-state index in [1.165, 1.54) is 52.1 Å². The van der Waals surface area contributed by atoms with Crippen molar-refractivity contribution in [3.05, 3.63) is 0 Å². The molecule has 6 saturated carbocycles. The Morgan fingerprint density at radius 3 is 2.28 bits per heavy atom. The third-order valence-electron chi connectivity index (χ3n) is 14.3. The van der Waals surface area contributed by atoms with Gasteiger partial charge in [0, 0.05) is 12.5 Å². The quantitative estimate of drug-likeness (QED) is 0.265. The third kappa shape index (κ3) is 3.21. The largest absolute Gasteiger partial charge is 0.469 e. The lowest BCUT2D eigenvalue weighted by Gasteiger charge is -2.66. The van der Waals surface area contributed by atoms with Crippen LogP contribution < -0.4 is 0 Å². The summed E-state index contributed by atoms with van der Waals surface area (Å²) in [5.74, 6) is 7.36. The van der Waals surface area contributed by atoms with Gasteiger partial charge in [-0.15, -0.1) is 0 Å². The van der Waals surface area contributed by atoms with Crippen LogP contribution in [0.4, 0.5) is 0 Å². The van der Waals surface area contributed by atoms with Gasteiger partial charge in [0.05, 0.1) is 7.11 Å². The second kappa shape index (κ2) is 7.86. The van der Waals surface area contributed by atoms with Crippen molar-refractivity contribution in [3.63, 3.8) is 0 Å². The molecule has 1 spiro atoms. The Kier molecular flexibility index (Phi) is 5.65. The first kappa shape index (κ1) is 25.9. The van der Waals surface area contributed by atoms with Gasteiger partial charge in [0.1, 0.15) is 0 Å². The molecule has 0 aromatic carbocycles. The van der Waals surface area contributed by atoms with Crippen molar-refractivity contribution >= 4 is 14.3 Å². The summed E-state index contributed by atoms with van der Waals surface area (Å²) >= 11 is 0. The Hall–Kier alpha value is -0.353. The van der Waals surface area contributed by atoms with Gasteiger partial charge in [-0.2, -0.15) is 0 Å². The maximum absolute atomic E-state index is 11.8. The predicted molar refractivity (Wildman–Crippen MR) is 148 cm³/mol. The van der Waals surface area contributed by atoms with Gasteiger partial charge < -0.3 is 9.16 Å². The maximum Gasteiger partial charge on any atom is 0.305 e. The number of hydrogen-bond acceptors (Lipinski definition) is 3. The number of fused-ring (bicyclic) bond motifs is 5. The molecule has 6 aliphatic rings. The predicted octanol–water partition coefficient (Wildman–Crippen LogP) is 8.09. The molecule has 36 heavy (non-hydrogen) atoms. The van der Waals surface area contributed by atoms with Crippen LogP contribution in [0.3, 0.4) is 0 Å². The molecular formula is C32H54O3Si. The fourth-order valence-electron chi connectivity index (χ4n) is 11.7. The molecule has 0 heterocycles. The standard InChI is InChI=1S/C32H54O3Si/c1-19(10-13-25(33)34-7)21-11-12-23-30(21,5)17-15-24-31(6)16-14-20(35-36(8,9)29(2,3)4)18-22(31)26-27-28(26)32(23,24)27/h19-24,26-28H,10-18H2,1-9H3/t19-,20?,21-,22+,23-,24-,26?,27+,28+,30-,31+,32?/m1/s1. The highest BCUT2D eigenvalue weighted by Gasteiger charge is 2.95. The number of hydrogen-bond donors (Lipinski definition) is 0. The summed E-state index contributed by atoms with van der Waals surface area (Å²) in [6.07, 6.45) is 11.9. The summed E-state index contributed by atoms with van der Waals surface area (Å²) in [5, 5.41) is 0.304. The van der Waals surface area contributed by atoms with E-state index in [4.69, 9.17) is 9.16 Å². The molecule has 0 aromatic heterocycles. The molecule has 6 aliphatic carbocycles. The number of esters is 1. The topological polar surface area (TPSA) is 35.5 Å². The van der Waals surface area contributed by atoms with Gasteiger partial charge in [-0.1, -0.05) is 41.5 Å². The zero-order chi connectivity index (χ0) is 26.1. The molecular weight excluding hydrogens is 460 g/mol. The van der Waals surface area contributed by atoms with Crippen molar-refractivity contribution in [1.82, 2.24) is 0 Å². The fourth-order valence-corrected chi connectivity index (χ4v) is 13.1. The highest BCUT2D eigenvalue weighted by atomic mass is 28.4. The number of ether oxygens (including phenoxy) is 1.